The lowest BCUT2D eigenvalue weighted by molar-refractivity contribution is -0.128. The van der Waals surface area contributed by atoms with Gasteiger partial charge < -0.3 is 10.2 Å². The van der Waals surface area contributed by atoms with Crippen molar-refractivity contribution >= 4 is 11.8 Å². The summed E-state index contributed by atoms with van der Waals surface area (Å²) in [5.41, 5.74) is -0.529. The first-order valence-electron chi connectivity index (χ1n) is 6.24. The summed E-state index contributed by atoms with van der Waals surface area (Å²) in [4.78, 5) is 25.5. The Kier molecular flexibility index (Phi) is 3.55. The summed E-state index contributed by atoms with van der Waals surface area (Å²) < 4.78 is 13.6. The monoisotopic (exact) mass is 264 g/mol. The first-order chi connectivity index (χ1) is 8.98. The summed E-state index contributed by atoms with van der Waals surface area (Å²) in [6.45, 7) is 2.61. The van der Waals surface area contributed by atoms with Crippen LogP contribution in [0.4, 0.5) is 4.39 Å². The van der Waals surface area contributed by atoms with Crippen molar-refractivity contribution in [2.45, 2.75) is 13.3 Å². The maximum atomic E-state index is 13.6. The predicted octanol–water partition coefficient (Wildman–Crippen LogP) is 1.42. The Morgan fingerprint density at radius 1 is 1.37 bits per heavy atom. The third-order valence-electron chi connectivity index (χ3n) is 3.64. The second-order valence-corrected chi connectivity index (χ2v) is 5.10. The van der Waals surface area contributed by atoms with Gasteiger partial charge in [0, 0.05) is 20.1 Å². The summed E-state index contributed by atoms with van der Waals surface area (Å²) in [5.74, 6) is -0.969. The van der Waals surface area contributed by atoms with Crippen molar-refractivity contribution < 1.29 is 14.0 Å². The molecule has 0 spiro atoms. The molecule has 0 radical (unpaired) electrons. The largest absolute Gasteiger partial charge is 0.359 e. The highest BCUT2D eigenvalue weighted by atomic mass is 19.1. The average molecular weight is 264 g/mol. The summed E-state index contributed by atoms with van der Waals surface area (Å²) >= 11 is 0. The number of rotatable bonds is 2. The number of likely N-dealkylation sites (tertiary alicyclic amines) is 1. The van der Waals surface area contributed by atoms with E-state index in [4.69, 9.17) is 0 Å². The van der Waals surface area contributed by atoms with E-state index in [1.807, 2.05) is 6.92 Å². The van der Waals surface area contributed by atoms with Crippen LogP contribution in [0.1, 0.15) is 23.7 Å². The summed E-state index contributed by atoms with van der Waals surface area (Å²) in [7, 11) is 1.58. The van der Waals surface area contributed by atoms with Gasteiger partial charge in [0.2, 0.25) is 5.91 Å². The molecule has 1 aliphatic rings. The molecule has 0 saturated carbocycles. The number of hydrogen-bond acceptors (Lipinski definition) is 2. The first-order valence-corrected chi connectivity index (χ1v) is 6.24. The summed E-state index contributed by atoms with van der Waals surface area (Å²) in [6.07, 6.45) is 0.590. The second-order valence-electron chi connectivity index (χ2n) is 5.10. The van der Waals surface area contributed by atoms with Crippen molar-refractivity contribution in [1.29, 1.82) is 0 Å². The number of carbonyl (C=O) groups excluding carboxylic acids is 2. The first kappa shape index (κ1) is 13.5. The van der Waals surface area contributed by atoms with E-state index >= 15 is 0 Å². The van der Waals surface area contributed by atoms with Crippen LogP contribution in [0.15, 0.2) is 24.3 Å². The molecule has 1 N–H and O–H groups in total. The highest BCUT2D eigenvalue weighted by molar-refractivity contribution is 5.95. The number of amides is 2. The zero-order valence-corrected chi connectivity index (χ0v) is 11.1. The standard InChI is InChI=1S/C14H17FN2O2/c1-14(13(19)16-2)7-8-17(9-14)12(18)10-5-3-4-6-11(10)15/h3-6H,7-9H2,1-2H3,(H,16,19). The zero-order valence-electron chi connectivity index (χ0n) is 11.1. The van der Waals surface area contributed by atoms with Gasteiger partial charge in [0.15, 0.2) is 0 Å². The zero-order chi connectivity index (χ0) is 14.0. The van der Waals surface area contributed by atoms with E-state index in [0.29, 0.717) is 19.5 Å². The molecule has 1 saturated heterocycles. The molecule has 2 amide bonds. The maximum absolute atomic E-state index is 13.6. The van der Waals surface area contributed by atoms with E-state index in [9.17, 15) is 14.0 Å². The van der Waals surface area contributed by atoms with Gasteiger partial charge in [-0.3, -0.25) is 9.59 Å². The van der Waals surface area contributed by atoms with Crippen molar-refractivity contribution in [2.24, 2.45) is 5.41 Å². The molecule has 1 aromatic carbocycles. The van der Waals surface area contributed by atoms with Crippen LogP contribution in [0.3, 0.4) is 0 Å². The molecule has 5 heteroatoms. The van der Waals surface area contributed by atoms with Gasteiger partial charge in [-0.25, -0.2) is 4.39 Å². The Hall–Kier alpha value is -1.91. The normalized spacial score (nSPS) is 22.4. The fourth-order valence-electron chi connectivity index (χ4n) is 2.43. The van der Waals surface area contributed by atoms with E-state index in [0.717, 1.165) is 0 Å². The Balaban J connectivity index is 2.16. The van der Waals surface area contributed by atoms with Crippen molar-refractivity contribution in [2.75, 3.05) is 20.1 Å². The lowest BCUT2D eigenvalue weighted by atomic mass is 9.89. The van der Waals surface area contributed by atoms with Gasteiger partial charge in [-0.15, -0.1) is 0 Å². The molecule has 19 heavy (non-hydrogen) atoms. The van der Waals surface area contributed by atoms with Crippen molar-refractivity contribution in [1.82, 2.24) is 10.2 Å². The number of carbonyl (C=O) groups is 2. The molecule has 1 atom stereocenters. The number of nitrogens with zero attached hydrogens (tertiary/aromatic N) is 1. The van der Waals surface area contributed by atoms with E-state index in [2.05, 4.69) is 5.32 Å². The molecular formula is C14H17FN2O2. The van der Waals surface area contributed by atoms with Gasteiger partial charge in [-0.05, 0) is 25.5 Å². The SMILES string of the molecule is CNC(=O)C1(C)CCN(C(=O)c2ccccc2F)C1. The van der Waals surface area contributed by atoms with Crippen molar-refractivity contribution in [3.8, 4) is 0 Å². The van der Waals surface area contributed by atoms with Crippen LogP contribution in [0.25, 0.3) is 0 Å². The van der Waals surface area contributed by atoms with Crippen LogP contribution >= 0.6 is 0 Å². The Bertz CT molecular complexity index is 518. The molecule has 1 aliphatic heterocycles. The Morgan fingerprint density at radius 3 is 2.68 bits per heavy atom. The van der Waals surface area contributed by atoms with Crippen molar-refractivity contribution in [3.63, 3.8) is 0 Å². The molecule has 1 fully saturated rings. The molecule has 102 valence electrons. The third kappa shape index (κ3) is 2.45. The minimum atomic E-state index is -0.588. The molecule has 0 aliphatic carbocycles. The van der Waals surface area contributed by atoms with Crippen LogP contribution in [0.2, 0.25) is 0 Å². The van der Waals surface area contributed by atoms with Gasteiger partial charge in [-0.2, -0.15) is 0 Å². The molecule has 0 aromatic heterocycles. The molecular weight excluding hydrogens is 247 g/mol. The van der Waals surface area contributed by atoms with Gasteiger partial charge in [0.05, 0.1) is 11.0 Å². The van der Waals surface area contributed by atoms with Crippen LogP contribution in [0.5, 0.6) is 0 Å². The van der Waals surface area contributed by atoms with E-state index in [1.54, 1.807) is 19.2 Å². The van der Waals surface area contributed by atoms with Gasteiger partial charge in [0.1, 0.15) is 5.82 Å². The minimum absolute atomic E-state index is 0.0589. The fourth-order valence-corrected chi connectivity index (χ4v) is 2.43. The number of halogens is 1. The number of hydrogen-bond donors (Lipinski definition) is 1. The predicted molar refractivity (Wildman–Crippen MR) is 69.1 cm³/mol. The van der Waals surface area contributed by atoms with E-state index in [-0.39, 0.29) is 17.4 Å². The highest BCUT2D eigenvalue weighted by Gasteiger charge is 2.41. The average Bonchev–Trinajstić information content (AvgIpc) is 2.81. The van der Waals surface area contributed by atoms with Gasteiger partial charge in [-0.1, -0.05) is 12.1 Å². The lowest BCUT2D eigenvalue weighted by Gasteiger charge is -2.22. The third-order valence-corrected chi connectivity index (χ3v) is 3.64. The smallest absolute Gasteiger partial charge is 0.256 e. The topological polar surface area (TPSA) is 49.4 Å². The Morgan fingerprint density at radius 2 is 2.05 bits per heavy atom. The minimum Gasteiger partial charge on any atom is -0.359 e. The number of nitrogens with one attached hydrogen (secondary N) is 1. The maximum Gasteiger partial charge on any atom is 0.256 e. The Labute approximate surface area is 111 Å². The molecule has 4 nitrogen and oxygen atoms in total. The second kappa shape index (κ2) is 4.99. The van der Waals surface area contributed by atoms with Gasteiger partial charge in [0.25, 0.3) is 5.91 Å². The fraction of sp³-hybridized carbons (Fsp3) is 0.429. The number of benzene rings is 1. The van der Waals surface area contributed by atoms with Crippen LogP contribution in [-0.4, -0.2) is 36.9 Å². The van der Waals surface area contributed by atoms with Crippen molar-refractivity contribution in [3.05, 3.63) is 35.6 Å². The summed E-state index contributed by atoms with van der Waals surface area (Å²) in [6, 6.07) is 5.91. The molecule has 1 heterocycles. The summed E-state index contributed by atoms with van der Waals surface area (Å²) in [5, 5.41) is 2.61. The lowest BCUT2D eigenvalue weighted by Crippen LogP contribution is -2.40. The molecule has 0 bridgehead atoms. The molecule has 1 aromatic rings. The van der Waals surface area contributed by atoms with E-state index < -0.39 is 11.2 Å². The van der Waals surface area contributed by atoms with E-state index in [1.165, 1.54) is 17.0 Å². The van der Waals surface area contributed by atoms with Crippen LogP contribution < -0.4 is 5.32 Å². The molecule has 1 unspecified atom stereocenters. The van der Waals surface area contributed by atoms with Crippen LogP contribution in [0, 0.1) is 11.2 Å². The van der Waals surface area contributed by atoms with Crippen LogP contribution in [-0.2, 0) is 4.79 Å². The highest BCUT2D eigenvalue weighted by Crippen LogP contribution is 2.31. The van der Waals surface area contributed by atoms with Gasteiger partial charge >= 0.3 is 0 Å². The quantitative estimate of drug-likeness (QED) is 0.878. The molecule has 2 rings (SSSR count).